The zero-order valence-electron chi connectivity index (χ0n) is 14.7. The van der Waals surface area contributed by atoms with Gasteiger partial charge in [0.05, 0.1) is 0 Å². The number of rotatable bonds is 7. The Kier molecular flexibility index (Phi) is 7.25. The molecular formula is C19H33NO3. The lowest BCUT2D eigenvalue weighted by atomic mass is 9.79. The van der Waals surface area contributed by atoms with Crippen LogP contribution in [0.1, 0.15) is 80.4 Å². The number of unbranched alkanes of at least 4 members (excludes halogenated alkanes) is 2. The van der Waals surface area contributed by atoms with Gasteiger partial charge in [0.1, 0.15) is 5.78 Å². The first-order valence-electron chi connectivity index (χ1n) is 9.39. The fourth-order valence-electron chi connectivity index (χ4n) is 3.65. The maximum absolute atomic E-state index is 12.2. The number of carbonyl (C=O) groups is 3. The predicted molar refractivity (Wildman–Crippen MR) is 91.8 cm³/mol. The zero-order chi connectivity index (χ0) is 16.8. The Bertz CT molecular complexity index is 444. The molecule has 0 aromatic carbocycles. The number of imide groups is 1. The van der Waals surface area contributed by atoms with Crippen molar-refractivity contribution in [3.05, 3.63) is 0 Å². The predicted octanol–water partition coefficient (Wildman–Crippen LogP) is 3.97. The molecule has 2 rings (SSSR count). The van der Waals surface area contributed by atoms with E-state index >= 15 is 0 Å². The van der Waals surface area contributed by atoms with E-state index in [1.807, 2.05) is 6.92 Å². The summed E-state index contributed by atoms with van der Waals surface area (Å²) in [6.07, 6.45) is 7.44. The summed E-state index contributed by atoms with van der Waals surface area (Å²) < 4.78 is 7.10. The first kappa shape index (κ1) is 18.2. The van der Waals surface area contributed by atoms with Crippen molar-refractivity contribution in [1.29, 1.82) is 0 Å². The van der Waals surface area contributed by atoms with Gasteiger partial charge in [-0.15, -0.1) is 0 Å². The van der Waals surface area contributed by atoms with Crippen molar-refractivity contribution in [1.82, 2.24) is 4.90 Å². The van der Waals surface area contributed by atoms with Gasteiger partial charge in [0.15, 0.2) is 0 Å². The molecular weight excluding hydrogens is 290 g/mol. The van der Waals surface area contributed by atoms with Crippen LogP contribution in [0.4, 0.5) is 0 Å². The van der Waals surface area contributed by atoms with Crippen LogP contribution in [0.3, 0.4) is 0 Å². The van der Waals surface area contributed by atoms with E-state index in [0.717, 1.165) is 44.9 Å². The Labute approximate surface area is 142 Å². The molecule has 0 spiro atoms. The summed E-state index contributed by atoms with van der Waals surface area (Å²) in [6.45, 7) is 2.81. The number of hydrogen-bond donors (Lipinski definition) is 0. The molecule has 23 heavy (non-hydrogen) atoms. The molecule has 4 nitrogen and oxygen atoms in total. The quantitative estimate of drug-likeness (QED) is 0.525. The highest BCUT2D eigenvalue weighted by Crippen LogP contribution is 2.32. The van der Waals surface area contributed by atoms with E-state index in [4.69, 9.17) is 1.37 Å². The zero-order valence-corrected chi connectivity index (χ0v) is 13.7. The second kappa shape index (κ2) is 9.19. The van der Waals surface area contributed by atoms with Crippen LogP contribution < -0.4 is 0 Å². The molecule has 2 aliphatic rings. The van der Waals surface area contributed by atoms with E-state index in [1.54, 1.807) is 0 Å². The fraction of sp³-hybridized carbons (Fsp3) is 0.842. The largest absolute Gasteiger partial charge is 0.299 e. The van der Waals surface area contributed by atoms with Crippen molar-refractivity contribution in [3.8, 4) is 0 Å². The van der Waals surface area contributed by atoms with Crippen LogP contribution in [0, 0.1) is 17.8 Å². The summed E-state index contributed by atoms with van der Waals surface area (Å²) in [4.78, 5) is 37.5. The van der Waals surface area contributed by atoms with E-state index in [0.29, 0.717) is 38.0 Å². The third-order valence-corrected chi connectivity index (χ3v) is 5.14. The van der Waals surface area contributed by atoms with Crippen LogP contribution in [0.5, 0.6) is 0 Å². The van der Waals surface area contributed by atoms with E-state index in [2.05, 4.69) is 0 Å². The Morgan fingerprint density at radius 1 is 1.22 bits per heavy atom. The molecule has 1 saturated carbocycles. The van der Waals surface area contributed by atoms with Crippen molar-refractivity contribution in [2.24, 2.45) is 17.8 Å². The maximum Gasteiger partial charge on any atom is 0.232 e. The average molecular weight is 325 g/mol. The molecule has 0 N–H and O–H groups in total. The molecule has 1 aliphatic carbocycles. The van der Waals surface area contributed by atoms with Crippen molar-refractivity contribution < 1.29 is 15.8 Å². The van der Waals surface area contributed by atoms with Crippen molar-refractivity contribution in [2.45, 2.75) is 79.0 Å². The second-order valence-corrected chi connectivity index (χ2v) is 6.94. The Morgan fingerprint density at radius 3 is 2.48 bits per heavy atom. The summed E-state index contributed by atoms with van der Waals surface area (Å²) in [6, 6.07) is 0. The van der Waals surface area contributed by atoms with Gasteiger partial charge in [-0.25, -0.2) is 0 Å². The van der Waals surface area contributed by atoms with Gasteiger partial charge in [0, 0.05) is 32.6 Å². The minimum Gasteiger partial charge on any atom is -0.299 e. The van der Waals surface area contributed by atoms with Crippen LogP contribution in [-0.4, -0.2) is 29.0 Å². The van der Waals surface area contributed by atoms with Gasteiger partial charge in [-0.1, -0.05) is 34.1 Å². The smallest absolute Gasteiger partial charge is 0.232 e. The highest BCUT2D eigenvalue weighted by atomic mass is 16.2. The highest BCUT2D eigenvalue weighted by Gasteiger charge is 2.37. The molecule has 0 radical (unpaired) electrons. The molecule has 1 heterocycles. The summed E-state index contributed by atoms with van der Waals surface area (Å²) in [5.74, 6) is 0.684. The second-order valence-electron chi connectivity index (χ2n) is 6.94. The van der Waals surface area contributed by atoms with Crippen LogP contribution in [0.25, 0.3) is 0 Å². The summed E-state index contributed by atoms with van der Waals surface area (Å²) in [5, 5.41) is 0. The van der Waals surface area contributed by atoms with Gasteiger partial charge < -0.3 is 0 Å². The van der Waals surface area contributed by atoms with Crippen molar-refractivity contribution in [3.63, 3.8) is 0 Å². The number of nitrogens with zero attached hydrogens (tertiary/aromatic N) is 1. The summed E-state index contributed by atoms with van der Waals surface area (Å²) in [5.41, 5.74) is 0. The Morgan fingerprint density at radius 2 is 1.91 bits per heavy atom. The standard InChI is InChI=1S/C18H29NO3.CH4/c1-3-4-5-6-16(20)15-9-7-14(8-10-15)12-19-17(21)11-13(2)18(19)22;/h13-15H,3-12H2,1-2H3;1H4/i1T;. The van der Waals surface area contributed by atoms with Crippen molar-refractivity contribution >= 4 is 17.6 Å². The molecule has 0 aromatic heterocycles. The van der Waals surface area contributed by atoms with E-state index in [-0.39, 0.29) is 31.1 Å². The lowest BCUT2D eigenvalue weighted by Gasteiger charge is -2.30. The van der Waals surface area contributed by atoms with Crippen LogP contribution >= 0.6 is 0 Å². The first-order chi connectivity index (χ1) is 11.0. The average Bonchev–Trinajstić information content (AvgIpc) is 2.78. The third-order valence-electron chi connectivity index (χ3n) is 5.14. The van der Waals surface area contributed by atoms with Gasteiger partial charge in [-0.3, -0.25) is 19.3 Å². The number of likely N-dealkylation sites (tertiary alicyclic amines) is 1. The van der Waals surface area contributed by atoms with Crippen molar-refractivity contribution in [2.75, 3.05) is 6.54 Å². The number of carbonyl (C=O) groups excluding carboxylic acids is 3. The molecule has 132 valence electrons. The molecule has 1 atom stereocenters. The summed E-state index contributed by atoms with van der Waals surface area (Å²) >= 11 is 0. The van der Waals surface area contributed by atoms with E-state index in [9.17, 15) is 14.4 Å². The van der Waals surface area contributed by atoms with Gasteiger partial charge in [0.25, 0.3) is 0 Å². The highest BCUT2D eigenvalue weighted by molar-refractivity contribution is 6.03. The van der Waals surface area contributed by atoms with E-state index < -0.39 is 0 Å². The Hall–Kier alpha value is -1.19. The van der Waals surface area contributed by atoms with Crippen LogP contribution in [0.2, 0.25) is 0 Å². The monoisotopic (exact) mass is 325 g/mol. The topological polar surface area (TPSA) is 54.5 Å². The first-order valence-corrected chi connectivity index (χ1v) is 8.69. The SMILES string of the molecule is C.[3H]CCCCCC(=O)C1CCC(CN2C(=O)CC(C)C2=O)CC1. The number of hydrogen-bond acceptors (Lipinski definition) is 3. The summed E-state index contributed by atoms with van der Waals surface area (Å²) in [7, 11) is 0. The lowest BCUT2D eigenvalue weighted by molar-refractivity contribution is -0.140. The maximum atomic E-state index is 12.2. The number of Topliss-reactive ketones (excluding diaryl/α,β-unsaturated/α-hetero) is 1. The number of ketones is 1. The van der Waals surface area contributed by atoms with Gasteiger partial charge >= 0.3 is 0 Å². The molecule has 1 saturated heterocycles. The molecule has 0 aromatic rings. The van der Waals surface area contributed by atoms with Gasteiger partial charge in [0.2, 0.25) is 11.8 Å². The molecule has 1 aliphatic heterocycles. The van der Waals surface area contributed by atoms with Gasteiger partial charge in [-0.2, -0.15) is 0 Å². The van der Waals surface area contributed by atoms with Gasteiger partial charge in [-0.05, 0) is 38.0 Å². The lowest BCUT2D eigenvalue weighted by Crippen LogP contribution is -2.36. The Balaban J connectivity index is 0.00000288. The van der Waals surface area contributed by atoms with Crippen LogP contribution in [-0.2, 0) is 14.4 Å². The minimum absolute atomic E-state index is 0. The molecule has 1 unspecified atom stereocenters. The minimum atomic E-state index is -0.163. The third kappa shape index (κ3) is 5.15. The normalized spacial score (nSPS) is 28.5. The molecule has 0 bridgehead atoms. The van der Waals surface area contributed by atoms with E-state index in [1.165, 1.54) is 4.90 Å². The molecule has 2 amide bonds. The van der Waals surface area contributed by atoms with Crippen LogP contribution in [0.15, 0.2) is 0 Å². The molecule has 2 fully saturated rings. The number of amides is 2. The fourth-order valence-corrected chi connectivity index (χ4v) is 3.65. The molecule has 4 heteroatoms.